The number of hydrogen-bond donors (Lipinski definition) is 2. The van der Waals surface area contributed by atoms with Crippen molar-refractivity contribution in [2.24, 2.45) is 0 Å². The lowest BCUT2D eigenvalue weighted by Crippen LogP contribution is -2.48. The van der Waals surface area contributed by atoms with Crippen LogP contribution in [0.15, 0.2) is 48.5 Å². The molecule has 1 fully saturated rings. The van der Waals surface area contributed by atoms with Gasteiger partial charge >= 0.3 is 12.4 Å². The minimum atomic E-state index is -4.94. The number of piperidine rings is 1. The molecule has 192 valence electrons. The Labute approximate surface area is 200 Å². The number of rotatable bonds is 9. The van der Waals surface area contributed by atoms with Gasteiger partial charge in [-0.05, 0) is 61.7 Å². The molecule has 1 amide bonds. The summed E-state index contributed by atoms with van der Waals surface area (Å²) in [4.78, 5) is 15.2. The van der Waals surface area contributed by atoms with Crippen molar-refractivity contribution in [1.29, 1.82) is 0 Å². The fourth-order valence-corrected chi connectivity index (χ4v) is 4.12. The molecule has 10 heteroatoms. The van der Waals surface area contributed by atoms with Gasteiger partial charge in [-0.15, -0.1) is 0 Å². The van der Waals surface area contributed by atoms with Crippen molar-refractivity contribution in [3.63, 3.8) is 0 Å². The molecule has 1 aliphatic heterocycles. The van der Waals surface area contributed by atoms with Crippen LogP contribution in [0.3, 0.4) is 0 Å². The molecule has 2 aromatic rings. The summed E-state index contributed by atoms with van der Waals surface area (Å²) in [6.07, 6.45) is -6.08. The van der Waals surface area contributed by atoms with Crippen LogP contribution < -0.4 is 10.6 Å². The van der Waals surface area contributed by atoms with Gasteiger partial charge in [-0.25, -0.2) is 0 Å². The molecular formula is C25H29F6N3O. The first-order valence-corrected chi connectivity index (χ1v) is 11.6. The number of carbonyl (C=O) groups excluding carboxylic acids is 1. The van der Waals surface area contributed by atoms with Gasteiger partial charge in [-0.3, -0.25) is 4.79 Å². The first kappa shape index (κ1) is 27.0. The van der Waals surface area contributed by atoms with Gasteiger partial charge in [-0.1, -0.05) is 36.8 Å². The summed E-state index contributed by atoms with van der Waals surface area (Å²) >= 11 is 0. The van der Waals surface area contributed by atoms with Gasteiger partial charge in [0.2, 0.25) is 5.91 Å². The fraction of sp³-hybridized carbons (Fsp3) is 0.480. The molecule has 35 heavy (non-hydrogen) atoms. The number of nitrogens with one attached hydrogen (secondary N) is 2. The van der Waals surface area contributed by atoms with Crippen molar-refractivity contribution < 1.29 is 31.1 Å². The van der Waals surface area contributed by atoms with Gasteiger partial charge in [0.05, 0.1) is 17.2 Å². The molecule has 0 unspecified atom stereocenters. The lowest BCUT2D eigenvalue weighted by Gasteiger charge is -2.27. The summed E-state index contributed by atoms with van der Waals surface area (Å²) in [5, 5.41) is 5.72. The van der Waals surface area contributed by atoms with Crippen LogP contribution in [0.5, 0.6) is 0 Å². The fourth-order valence-electron chi connectivity index (χ4n) is 4.12. The highest BCUT2D eigenvalue weighted by atomic mass is 19.4. The van der Waals surface area contributed by atoms with E-state index in [9.17, 15) is 31.1 Å². The molecule has 0 saturated carbocycles. The summed E-state index contributed by atoms with van der Waals surface area (Å²) in [5.41, 5.74) is -2.20. The average molecular weight is 502 g/mol. The molecule has 0 bridgehead atoms. The quantitative estimate of drug-likeness (QED) is 0.474. The zero-order chi connectivity index (χ0) is 25.5. The Morgan fingerprint density at radius 1 is 0.857 bits per heavy atom. The third-order valence-corrected chi connectivity index (χ3v) is 5.98. The van der Waals surface area contributed by atoms with Crippen molar-refractivity contribution in [2.45, 2.75) is 50.6 Å². The van der Waals surface area contributed by atoms with Crippen molar-refractivity contribution in [1.82, 2.24) is 15.5 Å². The van der Waals surface area contributed by atoms with Crippen molar-refractivity contribution in [2.75, 3.05) is 26.2 Å². The molecule has 4 nitrogen and oxygen atoms in total. The van der Waals surface area contributed by atoms with Crippen LogP contribution in [0, 0.1) is 0 Å². The molecule has 0 aromatic heterocycles. The van der Waals surface area contributed by atoms with Crippen LogP contribution in [0.4, 0.5) is 26.3 Å². The van der Waals surface area contributed by atoms with Gasteiger partial charge < -0.3 is 15.5 Å². The number of hydrogen-bond acceptors (Lipinski definition) is 3. The van der Waals surface area contributed by atoms with Crippen molar-refractivity contribution in [3.8, 4) is 0 Å². The number of likely N-dealkylation sites (tertiary alicyclic amines) is 1. The zero-order valence-corrected chi connectivity index (χ0v) is 19.2. The number of nitrogens with zero attached hydrogens (tertiary/aromatic N) is 1. The molecule has 0 spiro atoms. The van der Waals surface area contributed by atoms with E-state index in [1.54, 1.807) is 0 Å². The summed E-state index contributed by atoms with van der Waals surface area (Å²) in [5.74, 6) is -0.488. The summed E-state index contributed by atoms with van der Waals surface area (Å²) in [6, 6.07) is 9.87. The molecule has 2 aromatic carbocycles. The van der Waals surface area contributed by atoms with Gasteiger partial charge in [0.15, 0.2) is 0 Å². The Kier molecular flexibility index (Phi) is 9.18. The lowest BCUT2D eigenvalue weighted by atomic mass is 10.0. The van der Waals surface area contributed by atoms with E-state index in [0.29, 0.717) is 25.1 Å². The van der Waals surface area contributed by atoms with Gasteiger partial charge in [0, 0.05) is 19.6 Å². The predicted molar refractivity (Wildman–Crippen MR) is 121 cm³/mol. The predicted octanol–water partition coefficient (Wildman–Crippen LogP) is 5.03. The van der Waals surface area contributed by atoms with Crippen LogP contribution in [-0.2, 0) is 30.1 Å². The summed E-state index contributed by atoms with van der Waals surface area (Å²) in [6.45, 7) is 2.82. The van der Waals surface area contributed by atoms with E-state index in [1.165, 1.54) is 6.42 Å². The maximum Gasteiger partial charge on any atom is 0.416 e. The van der Waals surface area contributed by atoms with Gasteiger partial charge in [-0.2, -0.15) is 26.3 Å². The molecule has 0 aliphatic carbocycles. The number of halogens is 6. The molecule has 2 N–H and O–H groups in total. The molecule has 1 heterocycles. The van der Waals surface area contributed by atoms with Crippen LogP contribution >= 0.6 is 0 Å². The number of amides is 1. The van der Waals surface area contributed by atoms with Crippen LogP contribution in [0.2, 0.25) is 0 Å². The molecule has 1 atom stereocenters. The van der Waals surface area contributed by atoms with Crippen molar-refractivity contribution in [3.05, 3.63) is 70.8 Å². The van der Waals surface area contributed by atoms with E-state index in [2.05, 4.69) is 15.5 Å². The normalized spacial score (nSPS) is 16.2. The van der Waals surface area contributed by atoms with Crippen LogP contribution in [0.1, 0.15) is 41.5 Å². The van der Waals surface area contributed by atoms with Crippen molar-refractivity contribution >= 4 is 5.91 Å². The first-order valence-electron chi connectivity index (χ1n) is 11.6. The standard InChI is InChI=1S/C25H29F6N3O/c26-24(27,28)20-13-19(14-21(16-20)25(29,30)31)17-33-23(35)22(15-18-7-3-1-4-8-18)32-9-12-34-10-5-2-6-11-34/h1,3-4,7-8,13-14,16,22,32H,2,5-6,9-12,15,17H2,(H,33,35)/t22-/m0/s1. The Bertz CT molecular complexity index is 924. The maximum atomic E-state index is 13.1. The van der Waals surface area contributed by atoms with E-state index >= 15 is 0 Å². The lowest BCUT2D eigenvalue weighted by molar-refractivity contribution is -0.143. The monoisotopic (exact) mass is 501 g/mol. The van der Waals surface area contributed by atoms with E-state index in [1.807, 2.05) is 30.3 Å². The zero-order valence-electron chi connectivity index (χ0n) is 19.2. The third-order valence-electron chi connectivity index (χ3n) is 5.98. The molecule has 1 aliphatic rings. The minimum absolute atomic E-state index is 0.0751. The Morgan fingerprint density at radius 3 is 2.03 bits per heavy atom. The molecular weight excluding hydrogens is 472 g/mol. The SMILES string of the molecule is O=C(NCc1cc(C(F)(F)F)cc(C(F)(F)F)c1)[C@H](Cc1ccccc1)NCCN1CCCCC1. The first-order chi connectivity index (χ1) is 16.5. The Balaban J connectivity index is 1.68. The minimum Gasteiger partial charge on any atom is -0.351 e. The van der Waals surface area contributed by atoms with E-state index < -0.39 is 42.0 Å². The molecule has 1 saturated heterocycles. The largest absolute Gasteiger partial charge is 0.416 e. The highest BCUT2D eigenvalue weighted by molar-refractivity contribution is 5.82. The van der Waals surface area contributed by atoms with Crippen LogP contribution in [-0.4, -0.2) is 43.0 Å². The smallest absolute Gasteiger partial charge is 0.351 e. The second-order valence-electron chi connectivity index (χ2n) is 8.73. The second-order valence-corrected chi connectivity index (χ2v) is 8.73. The number of alkyl halides is 6. The summed E-state index contributed by atoms with van der Waals surface area (Å²) < 4.78 is 78.8. The number of carbonyl (C=O) groups is 1. The topological polar surface area (TPSA) is 44.4 Å². The second kappa shape index (κ2) is 11.9. The molecule has 3 rings (SSSR count). The van der Waals surface area contributed by atoms with Crippen LogP contribution in [0.25, 0.3) is 0 Å². The third kappa shape index (κ3) is 8.54. The average Bonchev–Trinajstić information content (AvgIpc) is 2.82. The molecule has 0 radical (unpaired) electrons. The highest BCUT2D eigenvalue weighted by Gasteiger charge is 2.37. The Morgan fingerprint density at radius 2 is 1.46 bits per heavy atom. The van der Waals surface area contributed by atoms with E-state index in [0.717, 1.165) is 38.0 Å². The van der Waals surface area contributed by atoms with E-state index in [-0.39, 0.29) is 11.6 Å². The Hall–Kier alpha value is -2.59. The highest BCUT2D eigenvalue weighted by Crippen LogP contribution is 2.36. The van der Waals surface area contributed by atoms with Gasteiger partial charge in [0.25, 0.3) is 0 Å². The van der Waals surface area contributed by atoms with E-state index in [4.69, 9.17) is 0 Å². The maximum absolute atomic E-state index is 13.1. The number of benzene rings is 2. The summed E-state index contributed by atoms with van der Waals surface area (Å²) in [7, 11) is 0. The van der Waals surface area contributed by atoms with Gasteiger partial charge in [0.1, 0.15) is 0 Å².